The summed E-state index contributed by atoms with van der Waals surface area (Å²) in [5.74, 6) is -4.44. The summed E-state index contributed by atoms with van der Waals surface area (Å²) < 4.78 is 68.2. The van der Waals surface area contributed by atoms with Crippen LogP contribution in [0.15, 0.2) is 24.3 Å². The average Bonchev–Trinajstić information content (AvgIpc) is 3.19. The minimum atomic E-state index is -1.28. The van der Waals surface area contributed by atoms with Crippen molar-refractivity contribution in [3.63, 3.8) is 0 Å². The largest absolute Gasteiger partial charge is 0.491 e. The molecule has 2 aromatic carbocycles. The van der Waals surface area contributed by atoms with Crippen LogP contribution in [0.3, 0.4) is 0 Å². The van der Waals surface area contributed by atoms with Gasteiger partial charge in [-0.2, -0.15) is 8.78 Å². The van der Waals surface area contributed by atoms with Gasteiger partial charge in [0.25, 0.3) is 0 Å². The molecule has 0 N–H and O–H groups in total. The molecule has 2 nitrogen and oxygen atoms in total. The van der Waals surface area contributed by atoms with Crippen LogP contribution in [0.4, 0.5) is 17.6 Å². The molecule has 0 saturated heterocycles. The van der Waals surface area contributed by atoms with Crippen LogP contribution < -0.4 is 9.47 Å². The van der Waals surface area contributed by atoms with E-state index in [1.54, 1.807) is 6.92 Å². The molecule has 2 aromatic rings. The Hall–Kier alpha value is -2.24. The number of unbranched alkanes of at least 4 members (excludes halogenated alkanes) is 1. The van der Waals surface area contributed by atoms with Crippen LogP contribution in [-0.4, -0.2) is 13.2 Å². The van der Waals surface area contributed by atoms with Crippen LogP contribution in [0.1, 0.15) is 52.4 Å². The molecule has 0 amide bonds. The van der Waals surface area contributed by atoms with E-state index < -0.39 is 23.3 Å². The van der Waals surface area contributed by atoms with E-state index in [-0.39, 0.29) is 29.2 Å². The smallest absolute Gasteiger partial charge is 0.201 e. The highest BCUT2D eigenvalue weighted by atomic mass is 19.2. The number of halogens is 4. The van der Waals surface area contributed by atoms with Crippen LogP contribution in [0.2, 0.25) is 0 Å². The summed E-state index contributed by atoms with van der Waals surface area (Å²) in [6.45, 7) is 4.29. The van der Waals surface area contributed by atoms with Gasteiger partial charge in [-0.05, 0) is 55.9 Å². The molecule has 164 valence electrons. The van der Waals surface area contributed by atoms with Gasteiger partial charge in [0.05, 0.1) is 13.2 Å². The van der Waals surface area contributed by atoms with Crippen LogP contribution in [0.25, 0.3) is 11.1 Å². The van der Waals surface area contributed by atoms with E-state index in [1.807, 2.05) is 0 Å². The first-order valence-corrected chi connectivity index (χ1v) is 10.7. The number of ether oxygens (including phenoxy) is 2. The first kappa shape index (κ1) is 22.4. The van der Waals surface area contributed by atoms with Crippen LogP contribution >= 0.6 is 0 Å². The zero-order chi connectivity index (χ0) is 21.7. The predicted molar refractivity (Wildman–Crippen MR) is 109 cm³/mol. The maximum Gasteiger partial charge on any atom is 0.201 e. The molecule has 6 heteroatoms. The molecule has 3 rings (SSSR count). The minimum Gasteiger partial charge on any atom is -0.491 e. The van der Waals surface area contributed by atoms with Gasteiger partial charge in [-0.1, -0.05) is 32.6 Å². The quantitative estimate of drug-likeness (QED) is 0.393. The molecule has 0 radical (unpaired) electrons. The fourth-order valence-electron chi connectivity index (χ4n) is 4.15. The van der Waals surface area contributed by atoms with Crippen LogP contribution in [0, 0.1) is 35.1 Å². The number of hydrogen-bond acceptors (Lipinski definition) is 2. The Bertz CT molecular complexity index is 869. The van der Waals surface area contributed by atoms with Crippen molar-refractivity contribution in [1.29, 1.82) is 0 Å². The molecule has 2 atom stereocenters. The second-order valence-electron chi connectivity index (χ2n) is 7.91. The fourth-order valence-corrected chi connectivity index (χ4v) is 4.15. The van der Waals surface area contributed by atoms with Crippen molar-refractivity contribution in [2.45, 2.75) is 52.4 Å². The Morgan fingerprint density at radius 3 is 1.90 bits per heavy atom. The van der Waals surface area contributed by atoms with E-state index in [0.29, 0.717) is 18.4 Å². The van der Waals surface area contributed by atoms with Gasteiger partial charge in [-0.25, -0.2) is 8.78 Å². The van der Waals surface area contributed by atoms with E-state index in [0.717, 1.165) is 19.3 Å². The first-order valence-electron chi connectivity index (χ1n) is 10.7. The molecule has 0 aliphatic heterocycles. The third kappa shape index (κ3) is 4.90. The van der Waals surface area contributed by atoms with Gasteiger partial charge in [0, 0.05) is 11.1 Å². The maximum atomic E-state index is 14.6. The zero-order valence-electron chi connectivity index (χ0n) is 17.4. The van der Waals surface area contributed by atoms with Crippen molar-refractivity contribution in [2.24, 2.45) is 11.8 Å². The van der Waals surface area contributed by atoms with E-state index in [9.17, 15) is 17.6 Å². The minimum absolute atomic E-state index is 0.158. The average molecular weight is 424 g/mol. The number of hydrogen-bond donors (Lipinski definition) is 0. The molecule has 1 fully saturated rings. The van der Waals surface area contributed by atoms with Gasteiger partial charge < -0.3 is 9.47 Å². The lowest BCUT2D eigenvalue weighted by Gasteiger charge is -2.15. The molecule has 0 bridgehead atoms. The summed E-state index contributed by atoms with van der Waals surface area (Å²) in [4.78, 5) is 0. The summed E-state index contributed by atoms with van der Waals surface area (Å²) in [7, 11) is 0. The highest BCUT2D eigenvalue weighted by Gasteiger charge is 2.26. The third-order valence-electron chi connectivity index (χ3n) is 5.77. The summed E-state index contributed by atoms with van der Waals surface area (Å²) in [5.41, 5.74) is -0.728. The summed E-state index contributed by atoms with van der Waals surface area (Å²) in [6.07, 6.45) is 6.79. The molecule has 0 aromatic heterocycles. The van der Waals surface area contributed by atoms with Gasteiger partial charge in [0.15, 0.2) is 23.1 Å². The van der Waals surface area contributed by atoms with Crippen LogP contribution in [-0.2, 0) is 0 Å². The SMILES string of the molecule is CCCCC1CCC(COc2ccc(-c3ccc(OCC)c(F)c3F)c(F)c2F)C1. The molecule has 1 aliphatic rings. The van der Waals surface area contributed by atoms with E-state index in [4.69, 9.17) is 9.47 Å². The lowest BCUT2D eigenvalue weighted by molar-refractivity contribution is 0.234. The van der Waals surface area contributed by atoms with Crippen molar-refractivity contribution < 1.29 is 27.0 Å². The van der Waals surface area contributed by atoms with E-state index in [2.05, 4.69) is 6.92 Å². The van der Waals surface area contributed by atoms with Crippen molar-refractivity contribution in [1.82, 2.24) is 0 Å². The summed E-state index contributed by atoms with van der Waals surface area (Å²) in [6, 6.07) is 4.86. The highest BCUT2D eigenvalue weighted by molar-refractivity contribution is 5.67. The normalized spacial score (nSPS) is 18.6. The van der Waals surface area contributed by atoms with Gasteiger partial charge in [0.1, 0.15) is 0 Å². The van der Waals surface area contributed by atoms with Gasteiger partial charge >= 0.3 is 0 Å². The molecule has 0 heterocycles. The number of benzene rings is 2. The van der Waals surface area contributed by atoms with Gasteiger partial charge in [0.2, 0.25) is 11.6 Å². The Kier molecular flexibility index (Phi) is 7.62. The molecular weight excluding hydrogens is 396 g/mol. The van der Waals surface area contributed by atoms with Gasteiger partial charge in [-0.15, -0.1) is 0 Å². The zero-order valence-corrected chi connectivity index (χ0v) is 17.4. The Morgan fingerprint density at radius 1 is 0.767 bits per heavy atom. The molecule has 1 saturated carbocycles. The van der Waals surface area contributed by atoms with E-state index in [1.165, 1.54) is 43.5 Å². The molecular formula is C24H28F4O2. The lowest BCUT2D eigenvalue weighted by Crippen LogP contribution is -2.10. The molecule has 1 aliphatic carbocycles. The topological polar surface area (TPSA) is 18.5 Å². The standard InChI is InChI=1S/C24H28F4O2/c1-3-5-6-15-7-8-16(13-15)14-30-20-12-10-18(22(26)24(20)28)17-9-11-19(29-4-2)23(27)21(17)25/h9-12,15-16H,3-8,13-14H2,1-2H3. The third-order valence-corrected chi connectivity index (χ3v) is 5.77. The highest BCUT2D eigenvalue weighted by Crippen LogP contribution is 2.37. The van der Waals surface area contributed by atoms with Crippen molar-refractivity contribution >= 4 is 0 Å². The second-order valence-corrected chi connectivity index (χ2v) is 7.91. The van der Waals surface area contributed by atoms with Crippen LogP contribution in [0.5, 0.6) is 11.5 Å². The van der Waals surface area contributed by atoms with E-state index >= 15 is 0 Å². The van der Waals surface area contributed by atoms with Crippen molar-refractivity contribution in [3.05, 3.63) is 47.5 Å². The number of rotatable bonds is 9. The van der Waals surface area contributed by atoms with Crippen molar-refractivity contribution in [3.8, 4) is 22.6 Å². The fraction of sp³-hybridized carbons (Fsp3) is 0.500. The molecule has 2 unspecified atom stereocenters. The molecule has 30 heavy (non-hydrogen) atoms. The summed E-state index contributed by atoms with van der Waals surface area (Å²) in [5, 5.41) is 0. The van der Waals surface area contributed by atoms with Gasteiger partial charge in [-0.3, -0.25) is 0 Å². The van der Waals surface area contributed by atoms with Crippen molar-refractivity contribution in [2.75, 3.05) is 13.2 Å². The summed E-state index contributed by atoms with van der Waals surface area (Å²) >= 11 is 0. The predicted octanol–water partition coefficient (Wildman–Crippen LogP) is 7.29. The lowest BCUT2D eigenvalue weighted by atomic mass is 9.99. The maximum absolute atomic E-state index is 14.6. The first-order chi connectivity index (χ1) is 14.5. The Morgan fingerprint density at radius 2 is 1.33 bits per heavy atom. The monoisotopic (exact) mass is 424 g/mol. The second kappa shape index (κ2) is 10.2. The Labute approximate surface area is 175 Å². The molecule has 0 spiro atoms. The Balaban J connectivity index is 1.71.